The van der Waals surface area contributed by atoms with Crippen LogP contribution >= 0.6 is 0 Å². The summed E-state index contributed by atoms with van der Waals surface area (Å²) < 4.78 is 0. The number of carbonyl (C=O) groups excluding carboxylic acids is 1. The Kier molecular flexibility index (Phi) is 4.45. The van der Waals surface area contributed by atoms with Gasteiger partial charge in [0.15, 0.2) is 0 Å². The number of H-pyrrole nitrogens is 1. The second-order valence-corrected chi connectivity index (χ2v) is 5.76. The normalized spacial score (nSPS) is 15.4. The highest BCUT2D eigenvalue weighted by Crippen LogP contribution is 2.18. The summed E-state index contributed by atoms with van der Waals surface area (Å²) in [5, 5.41) is 11.5. The minimum Gasteiger partial charge on any atom is -0.480 e. The highest BCUT2D eigenvalue weighted by molar-refractivity contribution is 5.96. The highest BCUT2D eigenvalue weighted by atomic mass is 16.4. The Hall–Kier alpha value is -2.11. The van der Waals surface area contributed by atoms with Gasteiger partial charge in [-0.1, -0.05) is 13.8 Å². The van der Waals surface area contributed by atoms with Gasteiger partial charge in [0.1, 0.15) is 11.6 Å². The summed E-state index contributed by atoms with van der Waals surface area (Å²) in [5.41, 5.74) is 1.40. The zero-order chi connectivity index (χ0) is 15.6. The molecule has 0 spiro atoms. The Morgan fingerprint density at radius 2 is 1.95 bits per heavy atom. The molecule has 21 heavy (non-hydrogen) atoms. The summed E-state index contributed by atoms with van der Waals surface area (Å²) in [6.07, 6.45) is 3.71. The maximum Gasteiger partial charge on any atom is 0.326 e. The van der Waals surface area contributed by atoms with E-state index in [0.29, 0.717) is 0 Å². The SMILES string of the molecule is CC(C)C(NC(=O)c1cc2c([nH]c1=O)CCCC2)C(=O)O. The number of aliphatic carboxylic acids is 1. The second kappa shape index (κ2) is 6.11. The Morgan fingerprint density at radius 3 is 2.57 bits per heavy atom. The van der Waals surface area contributed by atoms with Crippen molar-refractivity contribution in [1.82, 2.24) is 10.3 Å². The van der Waals surface area contributed by atoms with Crippen LogP contribution in [0.3, 0.4) is 0 Å². The van der Waals surface area contributed by atoms with Gasteiger partial charge in [-0.2, -0.15) is 0 Å². The summed E-state index contributed by atoms with van der Waals surface area (Å²) >= 11 is 0. The van der Waals surface area contributed by atoms with E-state index in [1.165, 1.54) is 0 Å². The van der Waals surface area contributed by atoms with Crippen LogP contribution in [0.1, 0.15) is 48.3 Å². The van der Waals surface area contributed by atoms with E-state index < -0.39 is 23.5 Å². The topological polar surface area (TPSA) is 99.3 Å². The fraction of sp³-hybridized carbons (Fsp3) is 0.533. The molecule has 3 N–H and O–H groups in total. The molecule has 0 aliphatic heterocycles. The Bertz CT molecular complexity index is 619. The molecule has 1 aliphatic rings. The molecule has 6 nitrogen and oxygen atoms in total. The predicted octanol–water partition coefficient (Wildman–Crippen LogP) is 1.09. The van der Waals surface area contributed by atoms with Crippen LogP contribution in [0.5, 0.6) is 0 Å². The van der Waals surface area contributed by atoms with Crippen molar-refractivity contribution in [1.29, 1.82) is 0 Å². The minimum absolute atomic E-state index is 0.0115. The predicted molar refractivity (Wildman–Crippen MR) is 77.4 cm³/mol. The number of carboxylic acid groups (broad SMARTS) is 1. The molecule has 0 saturated heterocycles. The van der Waals surface area contributed by atoms with Crippen LogP contribution in [-0.2, 0) is 17.6 Å². The molecule has 114 valence electrons. The molecule has 1 amide bonds. The third-order valence-electron chi connectivity index (χ3n) is 3.80. The van der Waals surface area contributed by atoms with E-state index in [9.17, 15) is 14.4 Å². The van der Waals surface area contributed by atoms with Crippen molar-refractivity contribution in [3.05, 3.63) is 33.2 Å². The van der Waals surface area contributed by atoms with Gasteiger partial charge in [-0.3, -0.25) is 9.59 Å². The van der Waals surface area contributed by atoms with Crippen molar-refractivity contribution in [2.75, 3.05) is 0 Å². The van der Waals surface area contributed by atoms with Crippen LogP contribution in [0.4, 0.5) is 0 Å². The lowest BCUT2D eigenvalue weighted by Gasteiger charge is -2.19. The standard InChI is InChI=1S/C15H20N2O4/c1-8(2)12(15(20)21)17-14(19)10-7-9-5-3-4-6-11(9)16-13(10)18/h7-8,12H,3-6H2,1-2H3,(H,16,18)(H,17,19)(H,20,21). The van der Waals surface area contributed by atoms with E-state index in [1.54, 1.807) is 19.9 Å². The maximum absolute atomic E-state index is 12.2. The lowest BCUT2D eigenvalue weighted by molar-refractivity contribution is -0.140. The van der Waals surface area contributed by atoms with Crippen LogP contribution in [0, 0.1) is 5.92 Å². The molecule has 1 heterocycles. The largest absolute Gasteiger partial charge is 0.480 e. The average Bonchev–Trinajstić information content (AvgIpc) is 2.43. The fourth-order valence-corrected chi connectivity index (χ4v) is 2.58. The lowest BCUT2D eigenvalue weighted by atomic mass is 9.95. The number of carbonyl (C=O) groups is 2. The van der Waals surface area contributed by atoms with E-state index in [0.717, 1.165) is 36.9 Å². The van der Waals surface area contributed by atoms with Gasteiger partial charge in [0.2, 0.25) is 0 Å². The van der Waals surface area contributed by atoms with Crippen LogP contribution in [0.25, 0.3) is 0 Å². The molecule has 0 bridgehead atoms. The Balaban J connectivity index is 2.27. The minimum atomic E-state index is -1.10. The zero-order valence-corrected chi connectivity index (χ0v) is 12.2. The first-order chi connectivity index (χ1) is 9.90. The first-order valence-electron chi connectivity index (χ1n) is 7.19. The number of hydrogen-bond donors (Lipinski definition) is 3. The van der Waals surface area contributed by atoms with Gasteiger partial charge < -0.3 is 15.4 Å². The number of hydrogen-bond acceptors (Lipinski definition) is 3. The quantitative estimate of drug-likeness (QED) is 0.773. The summed E-state index contributed by atoms with van der Waals surface area (Å²) in [7, 11) is 0. The van der Waals surface area contributed by atoms with E-state index in [1.807, 2.05) is 0 Å². The first-order valence-corrected chi connectivity index (χ1v) is 7.19. The molecule has 1 aromatic heterocycles. The van der Waals surface area contributed by atoms with Crippen molar-refractivity contribution in [3.63, 3.8) is 0 Å². The summed E-state index contributed by atoms with van der Waals surface area (Å²) in [5.74, 6) is -2.00. The molecule has 0 saturated carbocycles. The molecule has 1 aromatic rings. The molecule has 1 aliphatic carbocycles. The molecule has 0 fully saturated rings. The van der Waals surface area contributed by atoms with Gasteiger partial charge in [0.25, 0.3) is 11.5 Å². The number of rotatable bonds is 4. The van der Waals surface area contributed by atoms with Gasteiger partial charge in [-0.05, 0) is 43.2 Å². The third-order valence-corrected chi connectivity index (χ3v) is 3.80. The smallest absolute Gasteiger partial charge is 0.326 e. The Labute approximate surface area is 122 Å². The summed E-state index contributed by atoms with van der Waals surface area (Å²) in [4.78, 5) is 38.0. The van der Waals surface area contributed by atoms with Crippen molar-refractivity contribution < 1.29 is 14.7 Å². The van der Waals surface area contributed by atoms with Gasteiger partial charge >= 0.3 is 5.97 Å². The van der Waals surface area contributed by atoms with Crippen molar-refractivity contribution in [2.45, 2.75) is 45.6 Å². The van der Waals surface area contributed by atoms with Gasteiger partial charge in [0.05, 0.1) is 0 Å². The lowest BCUT2D eigenvalue weighted by Crippen LogP contribution is -2.45. The van der Waals surface area contributed by atoms with E-state index in [-0.39, 0.29) is 11.5 Å². The number of pyridine rings is 1. The van der Waals surface area contributed by atoms with Gasteiger partial charge in [-0.25, -0.2) is 4.79 Å². The Morgan fingerprint density at radius 1 is 1.29 bits per heavy atom. The molecular weight excluding hydrogens is 272 g/mol. The molecule has 1 atom stereocenters. The number of aromatic amines is 1. The zero-order valence-electron chi connectivity index (χ0n) is 12.2. The molecule has 0 radical (unpaired) electrons. The van der Waals surface area contributed by atoms with E-state index >= 15 is 0 Å². The molecular formula is C15H20N2O4. The van der Waals surface area contributed by atoms with Crippen molar-refractivity contribution in [3.8, 4) is 0 Å². The van der Waals surface area contributed by atoms with Crippen LogP contribution in [-0.4, -0.2) is 28.0 Å². The first kappa shape index (κ1) is 15.3. The average molecular weight is 292 g/mol. The van der Waals surface area contributed by atoms with Gasteiger partial charge in [-0.15, -0.1) is 0 Å². The number of amides is 1. The monoisotopic (exact) mass is 292 g/mol. The molecule has 6 heteroatoms. The highest BCUT2D eigenvalue weighted by Gasteiger charge is 2.25. The van der Waals surface area contributed by atoms with Crippen LogP contribution in [0.2, 0.25) is 0 Å². The number of nitrogens with one attached hydrogen (secondary N) is 2. The molecule has 2 rings (SSSR count). The fourth-order valence-electron chi connectivity index (χ4n) is 2.58. The van der Waals surface area contributed by atoms with Crippen LogP contribution in [0.15, 0.2) is 10.9 Å². The summed E-state index contributed by atoms with van der Waals surface area (Å²) in [6, 6.07) is 0.593. The maximum atomic E-state index is 12.2. The van der Waals surface area contributed by atoms with E-state index in [2.05, 4.69) is 10.3 Å². The van der Waals surface area contributed by atoms with Gasteiger partial charge in [0, 0.05) is 5.69 Å². The van der Waals surface area contributed by atoms with E-state index in [4.69, 9.17) is 5.11 Å². The number of aryl methyl sites for hydroxylation is 2. The van der Waals surface area contributed by atoms with Crippen LogP contribution < -0.4 is 10.9 Å². The number of aromatic nitrogens is 1. The number of carboxylic acids is 1. The third kappa shape index (κ3) is 3.32. The second-order valence-electron chi connectivity index (χ2n) is 5.76. The van der Waals surface area contributed by atoms with Crippen molar-refractivity contribution in [2.24, 2.45) is 5.92 Å². The summed E-state index contributed by atoms with van der Waals surface area (Å²) in [6.45, 7) is 3.41. The number of fused-ring (bicyclic) bond motifs is 1. The van der Waals surface area contributed by atoms with Crippen molar-refractivity contribution >= 4 is 11.9 Å². The molecule has 0 aromatic carbocycles. The molecule has 1 unspecified atom stereocenters.